The second-order valence-corrected chi connectivity index (χ2v) is 5.49. The zero-order valence-electron chi connectivity index (χ0n) is 12.4. The van der Waals surface area contributed by atoms with Gasteiger partial charge in [0, 0.05) is 31.3 Å². The van der Waals surface area contributed by atoms with E-state index in [1.807, 2.05) is 41.4 Å². The molecule has 2 atom stereocenters. The summed E-state index contributed by atoms with van der Waals surface area (Å²) in [6.07, 6.45) is 3.65. The molecule has 2 aromatic rings. The van der Waals surface area contributed by atoms with Gasteiger partial charge in [0.25, 0.3) is 0 Å². The van der Waals surface area contributed by atoms with Crippen molar-refractivity contribution in [2.24, 2.45) is 0 Å². The summed E-state index contributed by atoms with van der Waals surface area (Å²) in [7, 11) is 1.37. The van der Waals surface area contributed by atoms with E-state index in [0.29, 0.717) is 19.5 Å². The van der Waals surface area contributed by atoms with Crippen LogP contribution >= 0.6 is 0 Å². The van der Waals surface area contributed by atoms with E-state index in [2.05, 4.69) is 5.10 Å². The third kappa shape index (κ3) is 3.03. The SMILES string of the molecule is COC(=O)[C@@H]1C[C@@H](O)CN1Cc1cnn(-c2ccccc2)c1. The minimum absolute atomic E-state index is 0.299. The molecule has 1 N–H and O–H groups in total. The number of nitrogens with zero attached hydrogens (tertiary/aromatic N) is 3. The van der Waals surface area contributed by atoms with Gasteiger partial charge >= 0.3 is 5.97 Å². The fourth-order valence-electron chi connectivity index (χ4n) is 2.83. The number of benzene rings is 1. The predicted octanol–water partition coefficient (Wildman–Crippen LogP) is 0.980. The van der Waals surface area contributed by atoms with Gasteiger partial charge in [-0.1, -0.05) is 18.2 Å². The zero-order valence-corrected chi connectivity index (χ0v) is 12.4. The van der Waals surface area contributed by atoms with Gasteiger partial charge in [-0.05, 0) is 12.1 Å². The summed E-state index contributed by atoms with van der Waals surface area (Å²) in [6, 6.07) is 9.45. The number of aliphatic hydroxyl groups excluding tert-OH is 1. The maximum atomic E-state index is 11.8. The van der Waals surface area contributed by atoms with Crippen molar-refractivity contribution in [1.29, 1.82) is 0 Å². The number of esters is 1. The van der Waals surface area contributed by atoms with E-state index in [0.717, 1.165) is 11.3 Å². The average molecular weight is 301 g/mol. The molecule has 1 saturated heterocycles. The fourth-order valence-corrected chi connectivity index (χ4v) is 2.83. The Morgan fingerprint density at radius 2 is 2.18 bits per heavy atom. The second-order valence-electron chi connectivity index (χ2n) is 5.49. The standard InChI is InChI=1S/C16H19N3O3/c1-22-16(21)15-7-14(20)11-18(15)9-12-8-17-19(10-12)13-5-3-2-4-6-13/h2-6,8,10,14-15,20H,7,9,11H2,1H3/t14-,15+/m1/s1. The molecule has 1 aliphatic heterocycles. The molecule has 0 radical (unpaired) electrons. The monoisotopic (exact) mass is 301 g/mol. The van der Waals surface area contributed by atoms with Crippen LogP contribution in [0, 0.1) is 0 Å². The van der Waals surface area contributed by atoms with Crippen molar-refractivity contribution in [3.05, 3.63) is 48.3 Å². The van der Waals surface area contributed by atoms with Crippen LogP contribution in [0.15, 0.2) is 42.7 Å². The van der Waals surface area contributed by atoms with Crippen LogP contribution in [0.1, 0.15) is 12.0 Å². The Kier molecular flexibility index (Phi) is 4.22. The number of β-amino-alcohol motifs (C(OH)–C–C–N with tert-alkyl or cyclic N) is 1. The van der Waals surface area contributed by atoms with Gasteiger partial charge in [-0.3, -0.25) is 9.69 Å². The number of para-hydroxylation sites is 1. The number of hydrogen-bond donors (Lipinski definition) is 1. The highest BCUT2D eigenvalue weighted by molar-refractivity contribution is 5.76. The summed E-state index contributed by atoms with van der Waals surface area (Å²) in [4.78, 5) is 13.7. The number of aliphatic hydroxyl groups is 1. The van der Waals surface area contributed by atoms with Gasteiger partial charge < -0.3 is 9.84 Å². The predicted molar refractivity (Wildman–Crippen MR) is 80.4 cm³/mol. The minimum Gasteiger partial charge on any atom is -0.468 e. The first-order chi connectivity index (χ1) is 10.7. The van der Waals surface area contributed by atoms with Crippen LogP contribution in [0.25, 0.3) is 5.69 Å². The van der Waals surface area contributed by atoms with Crippen molar-refractivity contribution in [3.8, 4) is 5.69 Å². The van der Waals surface area contributed by atoms with Gasteiger partial charge in [0.05, 0.1) is 25.1 Å². The highest BCUT2D eigenvalue weighted by Crippen LogP contribution is 2.21. The Labute approximate surface area is 128 Å². The van der Waals surface area contributed by atoms with Crippen molar-refractivity contribution in [1.82, 2.24) is 14.7 Å². The normalized spacial score (nSPS) is 21.9. The summed E-state index contributed by atoms with van der Waals surface area (Å²) in [5, 5.41) is 14.2. The zero-order chi connectivity index (χ0) is 15.5. The molecule has 6 nitrogen and oxygen atoms in total. The van der Waals surface area contributed by atoms with Gasteiger partial charge in [-0.15, -0.1) is 0 Å². The highest BCUT2D eigenvalue weighted by Gasteiger charge is 2.36. The Hall–Kier alpha value is -2.18. The van der Waals surface area contributed by atoms with Crippen LogP contribution < -0.4 is 0 Å². The van der Waals surface area contributed by atoms with E-state index in [1.54, 1.807) is 10.9 Å². The topological polar surface area (TPSA) is 67.6 Å². The minimum atomic E-state index is -0.492. The third-order valence-electron chi connectivity index (χ3n) is 3.90. The summed E-state index contributed by atoms with van der Waals surface area (Å²) >= 11 is 0. The first kappa shape index (κ1) is 14.7. The molecule has 2 heterocycles. The lowest BCUT2D eigenvalue weighted by molar-refractivity contribution is -0.146. The largest absolute Gasteiger partial charge is 0.468 e. The Morgan fingerprint density at radius 1 is 1.41 bits per heavy atom. The maximum Gasteiger partial charge on any atom is 0.323 e. The first-order valence-corrected chi connectivity index (χ1v) is 7.26. The van der Waals surface area contributed by atoms with Crippen LogP contribution in [0.5, 0.6) is 0 Å². The van der Waals surface area contributed by atoms with Gasteiger partial charge in [0.1, 0.15) is 6.04 Å². The molecule has 6 heteroatoms. The molecule has 1 aliphatic rings. The molecule has 0 aliphatic carbocycles. The number of methoxy groups -OCH3 is 1. The Balaban J connectivity index is 1.73. The van der Waals surface area contributed by atoms with E-state index in [9.17, 15) is 9.90 Å². The van der Waals surface area contributed by atoms with Gasteiger partial charge in [-0.25, -0.2) is 4.68 Å². The second kappa shape index (κ2) is 6.29. The number of rotatable bonds is 4. The molecule has 22 heavy (non-hydrogen) atoms. The van der Waals surface area contributed by atoms with E-state index >= 15 is 0 Å². The molecule has 0 amide bonds. The molecule has 0 saturated carbocycles. The molecule has 0 spiro atoms. The van der Waals surface area contributed by atoms with Crippen LogP contribution in [-0.4, -0.2) is 51.6 Å². The number of carbonyl (C=O) groups is 1. The number of carbonyl (C=O) groups excluding carboxylic acids is 1. The molecule has 1 fully saturated rings. The van der Waals surface area contributed by atoms with Crippen LogP contribution in [0.3, 0.4) is 0 Å². The number of aromatic nitrogens is 2. The van der Waals surface area contributed by atoms with Crippen molar-refractivity contribution in [2.75, 3.05) is 13.7 Å². The lowest BCUT2D eigenvalue weighted by Crippen LogP contribution is -2.36. The highest BCUT2D eigenvalue weighted by atomic mass is 16.5. The molecule has 116 valence electrons. The summed E-state index contributed by atoms with van der Waals surface area (Å²) < 4.78 is 6.61. The van der Waals surface area contributed by atoms with Crippen molar-refractivity contribution in [2.45, 2.75) is 25.1 Å². The Morgan fingerprint density at radius 3 is 2.91 bits per heavy atom. The first-order valence-electron chi connectivity index (χ1n) is 7.26. The molecule has 1 aromatic carbocycles. The molecule has 3 rings (SSSR count). The van der Waals surface area contributed by atoms with E-state index in [1.165, 1.54) is 7.11 Å². The lowest BCUT2D eigenvalue weighted by Gasteiger charge is -2.20. The molecule has 0 bridgehead atoms. The van der Waals surface area contributed by atoms with Crippen molar-refractivity contribution < 1.29 is 14.6 Å². The molecule has 1 aromatic heterocycles. The Bertz CT molecular complexity index is 641. The maximum absolute atomic E-state index is 11.8. The van der Waals surface area contributed by atoms with E-state index in [-0.39, 0.29) is 12.0 Å². The van der Waals surface area contributed by atoms with E-state index in [4.69, 9.17) is 4.74 Å². The lowest BCUT2D eigenvalue weighted by atomic mass is 10.2. The smallest absolute Gasteiger partial charge is 0.323 e. The quantitative estimate of drug-likeness (QED) is 0.853. The summed E-state index contributed by atoms with van der Waals surface area (Å²) in [5.41, 5.74) is 1.98. The van der Waals surface area contributed by atoms with Crippen LogP contribution in [0.4, 0.5) is 0 Å². The number of likely N-dealkylation sites (tertiary alicyclic amines) is 1. The van der Waals surface area contributed by atoms with Crippen molar-refractivity contribution in [3.63, 3.8) is 0 Å². The van der Waals surface area contributed by atoms with Gasteiger partial charge in [0.15, 0.2) is 0 Å². The van der Waals surface area contributed by atoms with Crippen LogP contribution in [-0.2, 0) is 16.1 Å². The van der Waals surface area contributed by atoms with Gasteiger partial charge in [-0.2, -0.15) is 5.10 Å². The summed E-state index contributed by atoms with van der Waals surface area (Å²) in [5.74, 6) is -0.299. The van der Waals surface area contributed by atoms with Crippen molar-refractivity contribution >= 4 is 5.97 Å². The van der Waals surface area contributed by atoms with Crippen LogP contribution in [0.2, 0.25) is 0 Å². The molecule has 0 unspecified atom stereocenters. The number of hydrogen-bond acceptors (Lipinski definition) is 5. The number of ether oxygens (including phenoxy) is 1. The third-order valence-corrected chi connectivity index (χ3v) is 3.90. The fraction of sp³-hybridized carbons (Fsp3) is 0.375. The van der Waals surface area contributed by atoms with Gasteiger partial charge in [0.2, 0.25) is 0 Å². The average Bonchev–Trinajstić information content (AvgIpc) is 3.14. The van der Waals surface area contributed by atoms with E-state index < -0.39 is 6.10 Å². The summed E-state index contributed by atoms with van der Waals surface area (Å²) in [6.45, 7) is 1.03. The molecular formula is C16H19N3O3. The molecular weight excluding hydrogens is 282 g/mol.